The van der Waals surface area contributed by atoms with Crippen molar-refractivity contribution in [3.63, 3.8) is 0 Å². The molecule has 0 aromatic carbocycles. The van der Waals surface area contributed by atoms with Crippen molar-refractivity contribution in [1.29, 1.82) is 0 Å². The number of ether oxygens (including phenoxy) is 1. The minimum Gasteiger partial charge on any atom is -0.458 e. The molecule has 0 bridgehead atoms. The Bertz CT molecular complexity index is 172. The molecule has 0 radical (unpaired) electrons. The lowest BCUT2D eigenvalue weighted by Crippen LogP contribution is -2.35. The van der Waals surface area contributed by atoms with Gasteiger partial charge in [-0.2, -0.15) is 0 Å². The molecule has 0 saturated heterocycles. The Morgan fingerprint density at radius 2 is 2.00 bits per heavy atom. The van der Waals surface area contributed by atoms with Gasteiger partial charge in [-0.3, -0.25) is 0 Å². The zero-order valence-corrected chi connectivity index (χ0v) is 8.70. The second-order valence-corrected chi connectivity index (χ2v) is 4.26. The lowest BCUT2D eigenvalue weighted by Gasteiger charge is -2.22. The van der Waals surface area contributed by atoms with Crippen LogP contribution in [0.3, 0.4) is 0 Å². The molecule has 0 saturated carbocycles. The monoisotopic (exact) mass is 189 g/mol. The number of esters is 1. The van der Waals surface area contributed by atoms with Crippen LogP contribution in [0.15, 0.2) is 0 Å². The van der Waals surface area contributed by atoms with Crippen molar-refractivity contribution in [2.45, 2.75) is 51.9 Å². The minimum atomic E-state index is -1.11. The van der Waals surface area contributed by atoms with Crippen LogP contribution in [0.5, 0.6) is 0 Å². The average Bonchev–Trinajstić information content (AvgIpc) is 1.81. The predicted molar refractivity (Wildman–Crippen MR) is 50.1 cm³/mol. The Morgan fingerprint density at radius 3 is 2.31 bits per heavy atom. The number of aliphatic hydroxyl groups is 1. The molecule has 0 fully saturated rings. The summed E-state index contributed by atoms with van der Waals surface area (Å²) in [6.45, 7) is 6.99. The molecule has 3 N–H and O–H groups in total. The Kier molecular flexibility index (Phi) is 4.36. The van der Waals surface area contributed by atoms with Crippen molar-refractivity contribution in [2.24, 2.45) is 5.73 Å². The smallest absolute Gasteiger partial charge is 0.335 e. The number of nitrogens with two attached hydrogens (primary N) is 1. The van der Waals surface area contributed by atoms with Gasteiger partial charge in [0.2, 0.25) is 0 Å². The summed E-state index contributed by atoms with van der Waals surface area (Å²) in [5, 5.41) is 9.30. The summed E-state index contributed by atoms with van der Waals surface area (Å²) in [5.41, 5.74) is 4.87. The van der Waals surface area contributed by atoms with Crippen LogP contribution in [-0.2, 0) is 9.53 Å². The molecule has 0 aliphatic carbocycles. The van der Waals surface area contributed by atoms with Gasteiger partial charge in [0.05, 0.1) is 0 Å². The van der Waals surface area contributed by atoms with Crippen LogP contribution < -0.4 is 5.73 Å². The maximum absolute atomic E-state index is 11.2. The minimum absolute atomic E-state index is 0.206. The largest absolute Gasteiger partial charge is 0.458 e. The maximum atomic E-state index is 11.2. The van der Waals surface area contributed by atoms with Gasteiger partial charge < -0.3 is 15.6 Å². The van der Waals surface area contributed by atoms with Crippen molar-refractivity contribution in [2.75, 3.05) is 0 Å². The summed E-state index contributed by atoms with van der Waals surface area (Å²) in [6.07, 6.45) is -0.881. The van der Waals surface area contributed by atoms with E-state index >= 15 is 0 Å². The molecule has 2 atom stereocenters. The van der Waals surface area contributed by atoms with E-state index in [9.17, 15) is 9.90 Å². The second-order valence-electron chi connectivity index (χ2n) is 4.26. The van der Waals surface area contributed by atoms with Crippen LogP contribution in [0, 0.1) is 0 Å². The van der Waals surface area contributed by atoms with Crippen LogP contribution in [0.4, 0.5) is 0 Å². The summed E-state index contributed by atoms with van der Waals surface area (Å²) in [7, 11) is 0. The Labute approximate surface area is 79.1 Å². The summed E-state index contributed by atoms with van der Waals surface area (Å²) in [5.74, 6) is -0.607. The SMILES string of the molecule is CC(N)CC(O)C(=O)OC(C)(C)C. The van der Waals surface area contributed by atoms with Crippen molar-refractivity contribution in [3.05, 3.63) is 0 Å². The maximum Gasteiger partial charge on any atom is 0.335 e. The van der Waals surface area contributed by atoms with E-state index in [-0.39, 0.29) is 12.5 Å². The highest BCUT2D eigenvalue weighted by Gasteiger charge is 2.23. The predicted octanol–water partition coefficient (Wildman–Crippen LogP) is 0.426. The van der Waals surface area contributed by atoms with Crippen molar-refractivity contribution in [3.8, 4) is 0 Å². The van der Waals surface area contributed by atoms with Gasteiger partial charge in [0.25, 0.3) is 0 Å². The van der Waals surface area contributed by atoms with Gasteiger partial charge >= 0.3 is 5.97 Å². The molecule has 4 nitrogen and oxygen atoms in total. The number of rotatable bonds is 3. The summed E-state index contributed by atoms with van der Waals surface area (Å²) < 4.78 is 4.96. The molecular formula is C9H19NO3. The van der Waals surface area contributed by atoms with Crippen LogP contribution >= 0.6 is 0 Å². The summed E-state index contributed by atoms with van der Waals surface area (Å²) in [6, 6.07) is -0.206. The second kappa shape index (κ2) is 4.58. The van der Waals surface area contributed by atoms with Gasteiger partial charge in [0.1, 0.15) is 5.60 Å². The third kappa shape index (κ3) is 6.54. The van der Waals surface area contributed by atoms with E-state index < -0.39 is 17.7 Å². The molecule has 78 valence electrons. The van der Waals surface area contributed by atoms with E-state index in [0.717, 1.165) is 0 Å². The zero-order chi connectivity index (χ0) is 10.6. The summed E-state index contributed by atoms with van der Waals surface area (Å²) >= 11 is 0. The summed E-state index contributed by atoms with van der Waals surface area (Å²) in [4.78, 5) is 11.2. The fraction of sp³-hybridized carbons (Fsp3) is 0.889. The lowest BCUT2D eigenvalue weighted by molar-refractivity contribution is -0.165. The molecule has 0 spiro atoms. The first kappa shape index (κ1) is 12.4. The van der Waals surface area contributed by atoms with Gasteiger partial charge in [-0.15, -0.1) is 0 Å². The first-order chi connectivity index (χ1) is 5.72. The first-order valence-corrected chi connectivity index (χ1v) is 4.39. The molecule has 13 heavy (non-hydrogen) atoms. The number of aliphatic hydroxyl groups excluding tert-OH is 1. The molecule has 0 aliphatic heterocycles. The molecule has 4 heteroatoms. The van der Waals surface area contributed by atoms with E-state index in [0.29, 0.717) is 0 Å². The molecule has 0 aliphatic rings. The topological polar surface area (TPSA) is 72.5 Å². The highest BCUT2D eigenvalue weighted by molar-refractivity contribution is 5.74. The van der Waals surface area contributed by atoms with Crippen molar-refractivity contribution in [1.82, 2.24) is 0 Å². The average molecular weight is 189 g/mol. The molecule has 0 heterocycles. The highest BCUT2D eigenvalue weighted by Crippen LogP contribution is 2.10. The zero-order valence-electron chi connectivity index (χ0n) is 8.70. The normalized spacial score (nSPS) is 16.5. The number of hydrogen-bond acceptors (Lipinski definition) is 4. The lowest BCUT2D eigenvalue weighted by atomic mass is 10.1. The molecule has 0 aromatic heterocycles. The van der Waals surface area contributed by atoms with Crippen molar-refractivity contribution < 1.29 is 14.6 Å². The third-order valence-electron chi connectivity index (χ3n) is 1.27. The molecule has 0 amide bonds. The number of carbonyl (C=O) groups is 1. The molecular weight excluding hydrogens is 170 g/mol. The van der Waals surface area contributed by atoms with Gasteiger partial charge in [-0.25, -0.2) is 4.79 Å². The van der Waals surface area contributed by atoms with Crippen LogP contribution in [0.2, 0.25) is 0 Å². The van der Waals surface area contributed by atoms with Crippen LogP contribution in [0.25, 0.3) is 0 Å². The van der Waals surface area contributed by atoms with Crippen LogP contribution in [0.1, 0.15) is 34.1 Å². The van der Waals surface area contributed by atoms with Gasteiger partial charge in [0, 0.05) is 6.04 Å². The third-order valence-corrected chi connectivity index (χ3v) is 1.27. The molecule has 0 aromatic rings. The Balaban J connectivity index is 3.97. The van der Waals surface area contributed by atoms with E-state index in [1.165, 1.54) is 0 Å². The van der Waals surface area contributed by atoms with Crippen LogP contribution in [-0.4, -0.2) is 28.8 Å². The molecule has 0 rings (SSSR count). The first-order valence-electron chi connectivity index (χ1n) is 4.39. The van der Waals surface area contributed by atoms with E-state index in [4.69, 9.17) is 10.5 Å². The van der Waals surface area contributed by atoms with Gasteiger partial charge in [-0.05, 0) is 34.1 Å². The van der Waals surface area contributed by atoms with Gasteiger partial charge in [0.15, 0.2) is 6.10 Å². The fourth-order valence-corrected chi connectivity index (χ4v) is 0.818. The molecule has 2 unspecified atom stereocenters. The van der Waals surface area contributed by atoms with Gasteiger partial charge in [-0.1, -0.05) is 0 Å². The highest BCUT2D eigenvalue weighted by atomic mass is 16.6. The number of carbonyl (C=O) groups excluding carboxylic acids is 1. The van der Waals surface area contributed by atoms with Crippen molar-refractivity contribution >= 4 is 5.97 Å². The van der Waals surface area contributed by atoms with E-state index in [1.54, 1.807) is 27.7 Å². The quantitative estimate of drug-likeness (QED) is 0.631. The Hall–Kier alpha value is -0.610. The van der Waals surface area contributed by atoms with E-state index in [1.807, 2.05) is 0 Å². The Morgan fingerprint density at radius 1 is 1.54 bits per heavy atom. The standard InChI is InChI=1S/C9H19NO3/c1-6(10)5-7(11)8(12)13-9(2,3)4/h6-7,11H,5,10H2,1-4H3. The number of hydrogen-bond donors (Lipinski definition) is 2. The van der Waals surface area contributed by atoms with E-state index in [2.05, 4.69) is 0 Å². The fourth-order valence-electron chi connectivity index (χ4n) is 0.818.